The van der Waals surface area contributed by atoms with E-state index in [4.69, 9.17) is 4.42 Å². The third kappa shape index (κ3) is 3.09. The largest absolute Gasteiger partial charge is 0.441 e. The first kappa shape index (κ1) is 15.2. The number of aryl methyl sites for hydroxylation is 1. The third-order valence-corrected chi connectivity index (χ3v) is 4.44. The van der Waals surface area contributed by atoms with Gasteiger partial charge in [-0.15, -0.1) is 0 Å². The summed E-state index contributed by atoms with van der Waals surface area (Å²) in [5, 5.41) is 2.69. The molecular weight excluding hydrogens is 316 g/mol. The van der Waals surface area contributed by atoms with Gasteiger partial charge in [0.05, 0.1) is 10.5 Å². The van der Waals surface area contributed by atoms with Crippen LogP contribution in [0.25, 0.3) is 11.1 Å². The van der Waals surface area contributed by atoms with Crippen LogP contribution in [0.5, 0.6) is 0 Å². The first-order chi connectivity index (χ1) is 10.8. The van der Waals surface area contributed by atoms with E-state index < -0.39 is 15.7 Å². The number of fused-ring (bicyclic) bond motifs is 1. The maximum absolute atomic E-state index is 12.4. The van der Waals surface area contributed by atoms with E-state index in [2.05, 4.69) is 10.3 Å². The van der Waals surface area contributed by atoms with Crippen LogP contribution in [0.1, 0.15) is 16.2 Å². The highest BCUT2D eigenvalue weighted by atomic mass is 32.2. The summed E-state index contributed by atoms with van der Waals surface area (Å²) in [4.78, 5) is 16.6. The van der Waals surface area contributed by atoms with E-state index in [-0.39, 0.29) is 10.5 Å². The van der Waals surface area contributed by atoms with E-state index in [0.717, 1.165) is 6.26 Å². The molecule has 6 nitrogen and oxygen atoms in total. The molecule has 0 saturated carbocycles. The fourth-order valence-electron chi connectivity index (χ4n) is 2.30. The molecule has 7 heteroatoms. The number of hydrogen-bond donors (Lipinski definition) is 1. The van der Waals surface area contributed by atoms with Crippen molar-refractivity contribution < 1.29 is 17.6 Å². The predicted octanol–water partition coefficient (Wildman–Crippen LogP) is 2.79. The Bertz CT molecular complexity index is 1010. The fourth-order valence-corrected chi connectivity index (χ4v) is 3.18. The highest BCUT2D eigenvalue weighted by molar-refractivity contribution is 7.90. The number of carbonyl (C=O) groups is 1. The molecule has 0 atom stereocenters. The molecule has 0 bridgehead atoms. The minimum Gasteiger partial charge on any atom is -0.441 e. The number of benzene rings is 2. The van der Waals surface area contributed by atoms with Crippen molar-refractivity contribution in [1.29, 1.82) is 0 Å². The van der Waals surface area contributed by atoms with Crippen LogP contribution in [0.4, 0.5) is 5.69 Å². The van der Waals surface area contributed by atoms with Crippen molar-refractivity contribution in [3.05, 3.63) is 53.9 Å². The maximum Gasteiger partial charge on any atom is 0.256 e. The number of sulfone groups is 1. The Kier molecular flexibility index (Phi) is 3.65. The van der Waals surface area contributed by atoms with Gasteiger partial charge in [-0.3, -0.25) is 4.79 Å². The minimum absolute atomic E-state index is 0.00383. The Hall–Kier alpha value is -2.67. The summed E-state index contributed by atoms with van der Waals surface area (Å²) in [5.74, 6) is 0.0384. The summed E-state index contributed by atoms with van der Waals surface area (Å²) in [6.07, 6.45) is 1.07. The van der Waals surface area contributed by atoms with Crippen LogP contribution in [0.15, 0.2) is 51.8 Å². The van der Waals surface area contributed by atoms with Crippen LogP contribution in [0.2, 0.25) is 0 Å². The second kappa shape index (κ2) is 5.51. The number of hydrogen-bond acceptors (Lipinski definition) is 5. The maximum atomic E-state index is 12.4. The van der Waals surface area contributed by atoms with E-state index in [1.54, 1.807) is 37.3 Å². The molecule has 23 heavy (non-hydrogen) atoms. The number of nitrogens with zero attached hydrogens (tertiary/aromatic N) is 1. The zero-order valence-electron chi connectivity index (χ0n) is 12.5. The van der Waals surface area contributed by atoms with Gasteiger partial charge in [-0.25, -0.2) is 13.4 Å². The van der Waals surface area contributed by atoms with Crippen molar-refractivity contribution in [2.24, 2.45) is 0 Å². The van der Waals surface area contributed by atoms with Crippen molar-refractivity contribution in [3.8, 4) is 0 Å². The lowest BCUT2D eigenvalue weighted by Gasteiger charge is -2.08. The molecule has 3 rings (SSSR count). The summed E-state index contributed by atoms with van der Waals surface area (Å²) in [7, 11) is -3.49. The average Bonchev–Trinajstić information content (AvgIpc) is 2.85. The van der Waals surface area contributed by atoms with E-state index in [1.807, 2.05) is 0 Å². The number of carbonyl (C=O) groups excluding carboxylic acids is 1. The summed E-state index contributed by atoms with van der Waals surface area (Å²) >= 11 is 0. The molecule has 0 unspecified atom stereocenters. The smallest absolute Gasteiger partial charge is 0.256 e. The second-order valence-electron chi connectivity index (χ2n) is 5.14. The standard InChI is InChI=1S/C16H14N2O4S/c1-10-17-13-9-11(7-8-14(13)22-10)18-16(19)12-5-3-4-6-15(12)23(2,20)21/h3-9H,1-2H3,(H,18,19). The van der Waals surface area contributed by atoms with Crippen LogP contribution >= 0.6 is 0 Å². The Morgan fingerprint density at radius 2 is 1.91 bits per heavy atom. The first-order valence-corrected chi connectivity index (χ1v) is 8.71. The van der Waals surface area contributed by atoms with Crippen LogP contribution in [-0.2, 0) is 9.84 Å². The normalized spacial score (nSPS) is 11.6. The van der Waals surface area contributed by atoms with Gasteiger partial charge in [0.15, 0.2) is 21.3 Å². The molecule has 0 aliphatic rings. The molecule has 2 aromatic carbocycles. The Morgan fingerprint density at radius 1 is 1.17 bits per heavy atom. The molecule has 0 spiro atoms. The van der Waals surface area contributed by atoms with Crippen LogP contribution in [-0.4, -0.2) is 25.6 Å². The monoisotopic (exact) mass is 330 g/mol. The lowest BCUT2D eigenvalue weighted by atomic mass is 10.2. The highest BCUT2D eigenvalue weighted by Crippen LogP contribution is 2.21. The second-order valence-corrected chi connectivity index (χ2v) is 7.12. The van der Waals surface area contributed by atoms with Crippen LogP contribution in [0.3, 0.4) is 0 Å². The van der Waals surface area contributed by atoms with E-state index in [0.29, 0.717) is 22.7 Å². The number of rotatable bonds is 3. The number of nitrogens with one attached hydrogen (secondary N) is 1. The lowest BCUT2D eigenvalue weighted by molar-refractivity contribution is 0.102. The lowest BCUT2D eigenvalue weighted by Crippen LogP contribution is -2.15. The van der Waals surface area contributed by atoms with Gasteiger partial charge in [0.25, 0.3) is 5.91 Å². The van der Waals surface area contributed by atoms with Gasteiger partial charge in [-0.05, 0) is 30.3 Å². The van der Waals surface area contributed by atoms with E-state index in [9.17, 15) is 13.2 Å². The number of amides is 1. The number of anilines is 1. The predicted molar refractivity (Wildman–Crippen MR) is 86.3 cm³/mol. The SMILES string of the molecule is Cc1nc2cc(NC(=O)c3ccccc3S(C)(=O)=O)ccc2o1. The van der Waals surface area contributed by atoms with Gasteiger partial charge in [-0.2, -0.15) is 0 Å². The van der Waals surface area contributed by atoms with Crippen molar-refractivity contribution in [3.63, 3.8) is 0 Å². The van der Waals surface area contributed by atoms with Crippen LogP contribution in [0, 0.1) is 6.92 Å². The zero-order valence-corrected chi connectivity index (χ0v) is 13.3. The zero-order chi connectivity index (χ0) is 16.6. The molecule has 0 radical (unpaired) electrons. The van der Waals surface area contributed by atoms with Gasteiger partial charge in [0.1, 0.15) is 5.52 Å². The Labute approximate surface area is 133 Å². The molecule has 118 valence electrons. The topological polar surface area (TPSA) is 89.3 Å². The Morgan fingerprint density at radius 3 is 2.65 bits per heavy atom. The molecule has 1 N–H and O–H groups in total. The van der Waals surface area contributed by atoms with Gasteiger partial charge in [0.2, 0.25) is 0 Å². The molecule has 0 fully saturated rings. The molecule has 1 aromatic heterocycles. The summed E-state index contributed by atoms with van der Waals surface area (Å²) in [5.41, 5.74) is 1.86. The molecule has 1 heterocycles. The first-order valence-electron chi connectivity index (χ1n) is 6.82. The van der Waals surface area contributed by atoms with Gasteiger partial charge < -0.3 is 9.73 Å². The van der Waals surface area contributed by atoms with E-state index in [1.165, 1.54) is 12.1 Å². The van der Waals surface area contributed by atoms with E-state index >= 15 is 0 Å². The number of oxazole rings is 1. The van der Waals surface area contributed by atoms with Gasteiger partial charge >= 0.3 is 0 Å². The van der Waals surface area contributed by atoms with Gasteiger partial charge in [0, 0.05) is 18.9 Å². The van der Waals surface area contributed by atoms with Crippen molar-refractivity contribution in [2.45, 2.75) is 11.8 Å². The molecular formula is C16H14N2O4S. The number of aromatic nitrogens is 1. The van der Waals surface area contributed by atoms with Gasteiger partial charge in [-0.1, -0.05) is 12.1 Å². The van der Waals surface area contributed by atoms with Crippen molar-refractivity contribution in [1.82, 2.24) is 4.98 Å². The molecule has 0 aliphatic heterocycles. The molecule has 0 saturated heterocycles. The summed E-state index contributed by atoms with van der Waals surface area (Å²) in [6, 6.07) is 11.1. The van der Waals surface area contributed by atoms with Crippen LogP contribution < -0.4 is 5.32 Å². The van der Waals surface area contributed by atoms with Crippen molar-refractivity contribution in [2.75, 3.05) is 11.6 Å². The Balaban J connectivity index is 1.95. The molecule has 0 aliphatic carbocycles. The third-order valence-electron chi connectivity index (χ3n) is 3.28. The minimum atomic E-state index is -3.49. The summed E-state index contributed by atoms with van der Waals surface area (Å²) < 4.78 is 28.9. The quantitative estimate of drug-likeness (QED) is 0.797. The highest BCUT2D eigenvalue weighted by Gasteiger charge is 2.18. The average molecular weight is 330 g/mol. The van der Waals surface area contributed by atoms with Crippen molar-refractivity contribution >= 4 is 32.5 Å². The molecule has 3 aromatic rings. The summed E-state index contributed by atoms with van der Waals surface area (Å²) in [6.45, 7) is 1.74. The molecule has 1 amide bonds. The fraction of sp³-hybridized carbons (Fsp3) is 0.125.